The van der Waals surface area contributed by atoms with E-state index >= 15 is 0 Å². The van der Waals surface area contributed by atoms with Gasteiger partial charge in [-0.15, -0.1) is 0 Å². The molecule has 0 N–H and O–H groups in total. The fourth-order valence-electron chi connectivity index (χ4n) is 2.08. The summed E-state index contributed by atoms with van der Waals surface area (Å²) in [6.07, 6.45) is 3.59. The Kier molecular flexibility index (Phi) is 3.33. The van der Waals surface area contributed by atoms with Crippen molar-refractivity contribution in [3.8, 4) is 0 Å². The molecular formula is C11H17FN4. The van der Waals surface area contributed by atoms with Crippen LogP contribution in [0.2, 0.25) is 0 Å². The Morgan fingerprint density at radius 1 is 1.44 bits per heavy atom. The monoisotopic (exact) mass is 224 g/mol. The molecule has 1 aliphatic rings. The molecule has 4 nitrogen and oxygen atoms in total. The Morgan fingerprint density at radius 2 is 2.25 bits per heavy atom. The summed E-state index contributed by atoms with van der Waals surface area (Å²) in [5, 5.41) is 0. The molecule has 1 fully saturated rings. The Labute approximate surface area is 95.1 Å². The van der Waals surface area contributed by atoms with Crippen molar-refractivity contribution in [2.75, 3.05) is 32.1 Å². The fourth-order valence-corrected chi connectivity index (χ4v) is 2.08. The Balaban J connectivity index is 2.09. The van der Waals surface area contributed by atoms with Gasteiger partial charge in [-0.1, -0.05) is 0 Å². The van der Waals surface area contributed by atoms with Crippen molar-refractivity contribution in [1.82, 2.24) is 14.9 Å². The average Bonchev–Trinajstić information content (AvgIpc) is 2.29. The molecule has 88 valence electrons. The van der Waals surface area contributed by atoms with Crippen molar-refractivity contribution < 1.29 is 4.39 Å². The van der Waals surface area contributed by atoms with Gasteiger partial charge >= 0.3 is 0 Å². The smallest absolute Gasteiger partial charge is 0.218 e. The van der Waals surface area contributed by atoms with Crippen LogP contribution in [0.15, 0.2) is 12.4 Å². The van der Waals surface area contributed by atoms with E-state index in [0.29, 0.717) is 11.9 Å². The summed E-state index contributed by atoms with van der Waals surface area (Å²) in [6, 6.07) is 1.92. The molecule has 2 rings (SSSR count). The van der Waals surface area contributed by atoms with Crippen LogP contribution in [-0.2, 0) is 0 Å². The lowest BCUT2D eigenvalue weighted by Gasteiger charge is -2.36. The van der Waals surface area contributed by atoms with E-state index < -0.39 is 5.95 Å². The lowest BCUT2D eigenvalue weighted by molar-refractivity contribution is 0.257. The normalized spacial score (nSPS) is 21.5. The molecule has 1 unspecified atom stereocenters. The van der Waals surface area contributed by atoms with Crippen LogP contribution in [0.4, 0.5) is 10.2 Å². The molecule has 0 aliphatic carbocycles. The summed E-state index contributed by atoms with van der Waals surface area (Å²) in [4.78, 5) is 11.9. The van der Waals surface area contributed by atoms with Crippen LogP contribution in [0, 0.1) is 5.95 Å². The van der Waals surface area contributed by atoms with Crippen molar-refractivity contribution in [2.24, 2.45) is 0 Å². The first-order valence-electron chi connectivity index (χ1n) is 5.56. The van der Waals surface area contributed by atoms with E-state index in [9.17, 15) is 4.39 Å². The molecule has 0 spiro atoms. The maximum Gasteiger partial charge on any atom is 0.218 e. The summed E-state index contributed by atoms with van der Waals surface area (Å²) >= 11 is 0. The number of hydrogen-bond acceptors (Lipinski definition) is 4. The van der Waals surface area contributed by atoms with E-state index in [2.05, 4.69) is 33.9 Å². The molecule has 0 bridgehead atoms. The zero-order valence-electron chi connectivity index (χ0n) is 9.73. The minimum atomic E-state index is -0.461. The molecular weight excluding hydrogens is 207 g/mol. The average molecular weight is 224 g/mol. The van der Waals surface area contributed by atoms with Gasteiger partial charge in [0.1, 0.15) is 12.1 Å². The predicted molar refractivity (Wildman–Crippen MR) is 60.9 cm³/mol. The highest BCUT2D eigenvalue weighted by atomic mass is 19.1. The zero-order chi connectivity index (χ0) is 11.5. The molecule has 5 heteroatoms. The molecule has 1 saturated heterocycles. The van der Waals surface area contributed by atoms with E-state index in [1.807, 2.05) is 0 Å². The third-order valence-corrected chi connectivity index (χ3v) is 3.07. The highest BCUT2D eigenvalue weighted by molar-refractivity contribution is 5.37. The molecule has 1 aliphatic heterocycles. The van der Waals surface area contributed by atoms with Gasteiger partial charge in [0.25, 0.3) is 0 Å². The second-order valence-corrected chi connectivity index (χ2v) is 4.40. The van der Waals surface area contributed by atoms with Crippen LogP contribution >= 0.6 is 0 Å². The van der Waals surface area contributed by atoms with Gasteiger partial charge < -0.3 is 9.80 Å². The van der Waals surface area contributed by atoms with Gasteiger partial charge in [-0.25, -0.2) is 9.97 Å². The predicted octanol–water partition coefficient (Wildman–Crippen LogP) is 1.15. The molecule has 2 heterocycles. The number of aromatic nitrogens is 2. The van der Waals surface area contributed by atoms with Gasteiger partial charge in [0.05, 0.1) is 0 Å². The van der Waals surface area contributed by atoms with E-state index in [1.165, 1.54) is 18.8 Å². The number of likely N-dealkylation sites (N-methyl/N-ethyl adjacent to an activating group) is 1. The topological polar surface area (TPSA) is 32.3 Å². The zero-order valence-corrected chi connectivity index (χ0v) is 9.73. The maximum atomic E-state index is 13.0. The van der Waals surface area contributed by atoms with Gasteiger partial charge in [0.2, 0.25) is 5.95 Å². The Bertz CT molecular complexity index is 356. The molecule has 16 heavy (non-hydrogen) atoms. The lowest BCUT2D eigenvalue weighted by Crippen LogP contribution is -2.45. The third kappa shape index (κ3) is 2.47. The van der Waals surface area contributed by atoms with Gasteiger partial charge in [0, 0.05) is 25.2 Å². The third-order valence-electron chi connectivity index (χ3n) is 3.07. The first-order valence-corrected chi connectivity index (χ1v) is 5.56. The fraction of sp³-hybridized carbons (Fsp3) is 0.636. The minimum Gasteiger partial charge on any atom is -0.355 e. The molecule has 1 atom stereocenters. The quantitative estimate of drug-likeness (QED) is 0.705. The van der Waals surface area contributed by atoms with E-state index in [1.54, 1.807) is 0 Å². The number of rotatable bonds is 2. The summed E-state index contributed by atoms with van der Waals surface area (Å²) in [5.41, 5.74) is 0. The molecule has 1 aromatic heterocycles. The number of piperidine rings is 1. The van der Waals surface area contributed by atoms with Crippen LogP contribution in [0.5, 0.6) is 0 Å². The van der Waals surface area contributed by atoms with E-state index in [4.69, 9.17) is 0 Å². The molecule has 0 saturated carbocycles. The van der Waals surface area contributed by atoms with Crippen molar-refractivity contribution in [3.05, 3.63) is 18.3 Å². The van der Waals surface area contributed by atoms with Crippen LogP contribution in [0.3, 0.4) is 0 Å². The van der Waals surface area contributed by atoms with Crippen molar-refractivity contribution in [3.63, 3.8) is 0 Å². The summed E-state index contributed by atoms with van der Waals surface area (Å²) in [7, 11) is 4.16. The first kappa shape index (κ1) is 11.3. The van der Waals surface area contributed by atoms with Crippen molar-refractivity contribution >= 4 is 5.82 Å². The maximum absolute atomic E-state index is 13.0. The highest BCUT2D eigenvalue weighted by Gasteiger charge is 2.22. The largest absolute Gasteiger partial charge is 0.355 e. The van der Waals surface area contributed by atoms with Crippen LogP contribution < -0.4 is 4.90 Å². The van der Waals surface area contributed by atoms with E-state index in [0.717, 1.165) is 19.5 Å². The van der Waals surface area contributed by atoms with Crippen LogP contribution in [0.25, 0.3) is 0 Å². The molecule has 0 amide bonds. The van der Waals surface area contributed by atoms with Gasteiger partial charge in [-0.3, -0.25) is 0 Å². The molecule has 0 radical (unpaired) electrons. The SMILES string of the molecule is CN(C)C1CCCN(c2cc(F)ncn2)C1. The Hall–Kier alpha value is -1.23. The standard InChI is InChI=1S/C11H17FN4/c1-15(2)9-4-3-5-16(7-9)11-6-10(12)13-8-14-11/h6,8-9H,3-5,7H2,1-2H3. The Morgan fingerprint density at radius 3 is 2.94 bits per heavy atom. The lowest BCUT2D eigenvalue weighted by atomic mass is 10.1. The number of hydrogen-bond donors (Lipinski definition) is 0. The van der Waals surface area contributed by atoms with Gasteiger partial charge in [-0.05, 0) is 26.9 Å². The van der Waals surface area contributed by atoms with Crippen molar-refractivity contribution in [2.45, 2.75) is 18.9 Å². The summed E-state index contributed by atoms with van der Waals surface area (Å²) < 4.78 is 13.0. The van der Waals surface area contributed by atoms with Crippen LogP contribution in [-0.4, -0.2) is 48.1 Å². The summed E-state index contributed by atoms with van der Waals surface area (Å²) in [6.45, 7) is 1.85. The van der Waals surface area contributed by atoms with Crippen molar-refractivity contribution in [1.29, 1.82) is 0 Å². The van der Waals surface area contributed by atoms with E-state index in [-0.39, 0.29) is 0 Å². The highest BCUT2D eigenvalue weighted by Crippen LogP contribution is 2.19. The second-order valence-electron chi connectivity index (χ2n) is 4.40. The summed E-state index contributed by atoms with van der Waals surface area (Å²) in [5.74, 6) is 0.232. The molecule has 0 aromatic carbocycles. The number of nitrogens with zero attached hydrogens (tertiary/aromatic N) is 4. The second kappa shape index (κ2) is 4.74. The number of anilines is 1. The minimum absolute atomic E-state index is 0.461. The van der Waals surface area contributed by atoms with Crippen LogP contribution in [0.1, 0.15) is 12.8 Å². The molecule has 1 aromatic rings. The first-order chi connectivity index (χ1) is 7.66. The van der Waals surface area contributed by atoms with Gasteiger partial charge in [0.15, 0.2) is 0 Å². The van der Waals surface area contributed by atoms with Gasteiger partial charge in [-0.2, -0.15) is 4.39 Å². The number of halogens is 1.